The van der Waals surface area contributed by atoms with Crippen molar-refractivity contribution in [2.24, 2.45) is 0 Å². The van der Waals surface area contributed by atoms with Crippen LogP contribution in [0, 0.1) is 0 Å². The number of fused-ring (bicyclic) bond motifs is 1. The summed E-state index contributed by atoms with van der Waals surface area (Å²) in [4.78, 5) is 11.2. The van der Waals surface area contributed by atoms with Crippen LogP contribution in [-0.4, -0.2) is 14.6 Å². The molecule has 0 aromatic heterocycles. The van der Waals surface area contributed by atoms with Gasteiger partial charge < -0.3 is 4.43 Å². The van der Waals surface area contributed by atoms with Gasteiger partial charge in [-0.2, -0.15) is 0 Å². The van der Waals surface area contributed by atoms with E-state index >= 15 is 0 Å². The Morgan fingerprint density at radius 3 is 2.50 bits per heavy atom. The van der Waals surface area contributed by atoms with Crippen molar-refractivity contribution in [2.75, 3.05) is 0 Å². The van der Waals surface area contributed by atoms with Crippen LogP contribution in [0.3, 0.4) is 0 Å². The number of aldehydes is 1. The maximum Gasteiger partial charge on any atom is 0.254 e. The number of hydrogen-bond donors (Lipinski definition) is 0. The highest BCUT2D eigenvalue weighted by Gasteiger charge is 2.41. The Morgan fingerprint density at radius 2 is 1.72 bits per heavy atom. The van der Waals surface area contributed by atoms with Crippen LogP contribution in [0.15, 0.2) is 48.5 Å². The minimum absolute atomic E-state index is 0.659. The predicted molar refractivity (Wildman–Crippen MR) is 73.9 cm³/mol. The van der Waals surface area contributed by atoms with Gasteiger partial charge in [0.05, 0.1) is 6.61 Å². The molecule has 2 aromatic carbocycles. The van der Waals surface area contributed by atoms with Crippen molar-refractivity contribution in [2.45, 2.75) is 13.2 Å². The molecule has 0 spiro atoms. The quantitative estimate of drug-likeness (QED) is 0.602. The molecule has 0 saturated carbocycles. The Morgan fingerprint density at radius 1 is 1.06 bits per heavy atom. The molecule has 0 bridgehead atoms. The standard InChI is InChI=1S/C15H14O2Si/c1-18(14-8-4-2-6-12(14)10-16)15-9-5-3-7-13(15)11-17-18/h2-10H,11H2,1H3. The molecule has 2 nitrogen and oxygen atoms in total. The van der Waals surface area contributed by atoms with Gasteiger partial charge in [-0.1, -0.05) is 48.5 Å². The average molecular weight is 254 g/mol. The van der Waals surface area contributed by atoms with Gasteiger partial charge in [-0.3, -0.25) is 4.79 Å². The first-order chi connectivity index (χ1) is 8.75. The Bertz CT molecular complexity index is 609. The zero-order valence-electron chi connectivity index (χ0n) is 10.2. The first-order valence-corrected chi connectivity index (χ1v) is 8.43. The predicted octanol–water partition coefficient (Wildman–Crippen LogP) is 1.72. The maximum atomic E-state index is 11.2. The van der Waals surface area contributed by atoms with Crippen molar-refractivity contribution >= 4 is 25.0 Å². The van der Waals surface area contributed by atoms with E-state index in [0.717, 1.165) is 17.0 Å². The van der Waals surface area contributed by atoms with E-state index in [1.165, 1.54) is 10.8 Å². The molecule has 90 valence electrons. The molecule has 0 N–H and O–H groups in total. The molecular formula is C15H14O2Si. The van der Waals surface area contributed by atoms with Gasteiger partial charge in [-0.25, -0.2) is 0 Å². The molecule has 0 fully saturated rings. The van der Waals surface area contributed by atoms with Crippen molar-refractivity contribution in [1.29, 1.82) is 0 Å². The van der Waals surface area contributed by atoms with E-state index in [1.807, 2.05) is 36.4 Å². The molecule has 0 radical (unpaired) electrons. The number of carbonyl (C=O) groups is 1. The fourth-order valence-electron chi connectivity index (χ4n) is 2.67. The summed E-state index contributed by atoms with van der Waals surface area (Å²) in [5, 5.41) is 2.37. The van der Waals surface area contributed by atoms with E-state index < -0.39 is 8.32 Å². The topological polar surface area (TPSA) is 26.3 Å². The van der Waals surface area contributed by atoms with Gasteiger partial charge in [0.1, 0.15) is 6.29 Å². The van der Waals surface area contributed by atoms with Crippen LogP contribution in [0.1, 0.15) is 15.9 Å². The molecule has 18 heavy (non-hydrogen) atoms. The van der Waals surface area contributed by atoms with Gasteiger partial charge in [-0.15, -0.1) is 0 Å². The van der Waals surface area contributed by atoms with Crippen molar-refractivity contribution in [3.05, 3.63) is 59.7 Å². The molecule has 3 heteroatoms. The van der Waals surface area contributed by atoms with Gasteiger partial charge in [0.2, 0.25) is 0 Å². The summed E-state index contributed by atoms with van der Waals surface area (Å²) < 4.78 is 6.12. The van der Waals surface area contributed by atoms with Gasteiger partial charge in [0.25, 0.3) is 8.32 Å². The number of hydrogen-bond acceptors (Lipinski definition) is 2. The zero-order chi connectivity index (χ0) is 12.6. The monoisotopic (exact) mass is 254 g/mol. The molecule has 2 aromatic rings. The molecule has 1 unspecified atom stereocenters. The molecule has 1 aliphatic heterocycles. The highest BCUT2D eigenvalue weighted by molar-refractivity contribution is 6.97. The van der Waals surface area contributed by atoms with E-state index in [-0.39, 0.29) is 0 Å². The first kappa shape index (κ1) is 11.4. The van der Waals surface area contributed by atoms with Crippen LogP contribution >= 0.6 is 0 Å². The molecule has 1 atom stereocenters. The Labute approximate surface area is 107 Å². The second-order valence-electron chi connectivity index (χ2n) is 4.68. The molecular weight excluding hydrogens is 240 g/mol. The van der Waals surface area contributed by atoms with Crippen LogP contribution in [0.5, 0.6) is 0 Å². The molecule has 1 heterocycles. The average Bonchev–Trinajstić information content (AvgIpc) is 2.78. The van der Waals surface area contributed by atoms with Crippen molar-refractivity contribution in [1.82, 2.24) is 0 Å². The largest absolute Gasteiger partial charge is 0.404 e. The second-order valence-corrected chi connectivity index (χ2v) is 8.12. The highest BCUT2D eigenvalue weighted by Crippen LogP contribution is 2.20. The lowest BCUT2D eigenvalue weighted by Gasteiger charge is -2.23. The van der Waals surface area contributed by atoms with Crippen molar-refractivity contribution in [3.8, 4) is 0 Å². The lowest BCUT2D eigenvalue weighted by Crippen LogP contribution is -2.56. The lowest BCUT2D eigenvalue weighted by molar-refractivity contribution is 0.112. The summed E-state index contributed by atoms with van der Waals surface area (Å²) >= 11 is 0. The molecule has 0 saturated heterocycles. The minimum atomic E-state index is -2.18. The van der Waals surface area contributed by atoms with Gasteiger partial charge in [-0.05, 0) is 22.5 Å². The molecule has 0 aliphatic carbocycles. The summed E-state index contributed by atoms with van der Waals surface area (Å²) in [7, 11) is -2.18. The van der Waals surface area contributed by atoms with Gasteiger partial charge in [0.15, 0.2) is 0 Å². The fourth-order valence-corrected chi connectivity index (χ4v) is 6.00. The SMILES string of the molecule is C[Si]1(c2ccccc2C=O)OCc2ccccc21. The van der Waals surface area contributed by atoms with Crippen molar-refractivity contribution < 1.29 is 9.22 Å². The first-order valence-electron chi connectivity index (χ1n) is 6.03. The number of carbonyl (C=O) groups excluding carboxylic acids is 1. The summed E-state index contributed by atoms with van der Waals surface area (Å²) in [6, 6.07) is 16.1. The lowest BCUT2D eigenvalue weighted by atomic mass is 10.2. The Kier molecular flexibility index (Phi) is 2.65. The zero-order valence-corrected chi connectivity index (χ0v) is 11.2. The van der Waals surface area contributed by atoms with Crippen LogP contribution in [0.25, 0.3) is 0 Å². The third-order valence-electron chi connectivity index (χ3n) is 3.65. The number of rotatable bonds is 2. The normalized spacial score (nSPS) is 21.6. The maximum absolute atomic E-state index is 11.2. The van der Waals surface area contributed by atoms with E-state index in [2.05, 4.69) is 18.7 Å². The molecule has 0 amide bonds. The smallest absolute Gasteiger partial charge is 0.254 e. The van der Waals surface area contributed by atoms with Crippen molar-refractivity contribution in [3.63, 3.8) is 0 Å². The van der Waals surface area contributed by atoms with E-state index in [0.29, 0.717) is 6.61 Å². The third-order valence-corrected chi connectivity index (χ3v) is 7.37. The third kappa shape index (κ3) is 1.55. The number of benzene rings is 2. The van der Waals surface area contributed by atoms with Crippen LogP contribution < -0.4 is 10.4 Å². The summed E-state index contributed by atoms with van der Waals surface area (Å²) in [6.45, 7) is 2.83. The van der Waals surface area contributed by atoms with E-state index in [1.54, 1.807) is 0 Å². The minimum Gasteiger partial charge on any atom is -0.404 e. The second kappa shape index (κ2) is 4.19. The Balaban J connectivity index is 2.20. The van der Waals surface area contributed by atoms with Crippen LogP contribution in [0.4, 0.5) is 0 Å². The van der Waals surface area contributed by atoms with Gasteiger partial charge in [0, 0.05) is 5.56 Å². The summed E-state index contributed by atoms with van der Waals surface area (Å²) in [5.41, 5.74) is 2.01. The van der Waals surface area contributed by atoms with Crippen LogP contribution in [0.2, 0.25) is 6.55 Å². The summed E-state index contributed by atoms with van der Waals surface area (Å²) in [5.74, 6) is 0. The highest BCUT2D eigenvalue weighted by atomic mass is 28.4. The fraction of sp³-hybridized carbons (Fsp3) is 0.133. The van der Waals surface area contributed by atoms with E-state index in [9.17, 15) is 4.79 Å². The van der Waals surface area contributed by atoms with Crippen LogP contribution in [-0.2, 0) is 11.0 Å². The summed E-state index contributed by atoms with van der Waals surface area (Å²) in [6.07, 6.45) is 0.928. The van der Waals surface area contributed by atoms with E-state index in [4.69, 9.17) is 4.43 Å². The van der Waals surface area contributed by atoms with Gasteiger partial charge >= 0.3 is 0 Å². The molecule has 3 rings (SSSR count). The molecule has 1 aliphatic rings. The Hall–Kier alpha value is -1.71.